The van der Waals surface area contributed by atoms with Crippen LogP contribution in [-0.4, -0.2) is 10.5 Å². The van der Waals surface area contributed by atoms with Gasteiger partial charge in [-0.2, -0.15) is 13.2 Å². The fourth-order valence-corrected chi connectivity index (χ4v) is 1.86. The molecule has 1 aromatic carbocycles. The molecule has 3 N–H and O–H groups in total. The molecule has 1 amide bonds. The number of hydrogen-bond donors (Lipinski definition) is 2. The smallest absolute Gasteiger partial charge is 0.398 e. The van der Waals surface area contributed by atoms with Crippen LogP contribution in [0.2, 0.25) is 0 Å². The number of hydrogen-bond acceptors (Lipinski definition) is 3. The van der Waals surface area contributed by atoms with Crippen molar-refractivity contribution < 1.29 is 18.0 Å². The molecule has 8 heteroatoms. The highest BCUT2D eigenvalue weighted by Gasteiger charge is 2.33. The normalized spacial score (nSPS) is 11.2. The zero-order chi connectivity index (χ0) is 16.3. The predicted octanol–water partition coefficient (Wildman–Crippen LogP) is 2.09. The van der Waals surface area contributed by atoms with Crippen LogP contribution in [0.25, 0.3) is 0 Å². The molecule has 0 unspecified atom stereocenters. The average molecular weight is 311 g/mol. The number of nitrogens with zero attached hydrogens (tertiary/aromatic N) is 1. The summed E-state index contributed by atoms with van der Waals surface area (Å²) in [5, 5.41) is 2.15. The zero-order valence-corrected chi connectivity index (χ0v) is 11.2. The van der Waals surface area contributed by atoms with E-state index in [9.17, 15) is 22.8 Å². The lowest BCUT2D eigenvalue weighted by atomic mass is 10.1. The van der Waals surface area contributed by atoms with E-state index in [1.165, 1.54) is 30.5 Å². The summed E-state index contributed by atoms with van der Waals surface area (Å²) in [6, 6.07) is 7.14. The van der Waals surface area contributed by atoms with Crippen molar-refractivity contribution in [1.82, 2.24) is 4.57 Å². The van der Waals surface area contributed by atoms with Gasteiger partial charge in [-0.25, -0.2) is 0 Å². The van der Waals surface area contributed by atoms with E-state index in [-0.39, 0.29) is 11.4 Å². The first-order chi connectivity index (χ1) is 10.3. The van der Waals surface area contributed by atoms with Gasteiger partial charge in [0.2, 0.25) is 5.91 Å². The summed E-state index contributed by atoms with van der Waals surface area (Å²) in [5.74, 6) is -0.760. The number of pyridine rings is 1. The highest BCUT2D eigenvalue weighted by Crippen LogP contribution is 2.34. The van der Waals surface area contributed by atoms with Crippen LogP contribution in [0, 0.1) is 0 Å². The second kappa shape index (κ2) is 5.92. The first kappa shape index (κ1) is 15.6. The van der Waals surface area contributed by atoms with Crippen molar-refractivity contribution in [2.45, 2.75) is 12.7 Å². The Morgan fingerprint density at radius 1 is 1.18 bits per heavy atom. The van der Waals surface area contributed by atoms with E-state index < -0.39 is 29.8 Å². The van der Waals surface area contributed by atoms with Crippen LogP contribution < -0.4 is 16.6 Å². The SMILES string of the molecule is Nc1ccc(=O)n(CC(=O)Nc2ccccc2C(F)(F)F)c1. The third kappa shape index (κ3) is 3.66. The van der Waals surface area contributed by atoms with E-state index in [1.54, 1.807) is 0 Å². The quantitative estimate of drug-likeness (QED) is 0.911. The molecule has 22 heavy (non-hydrogen) atoms. The molecular formula is C14H12F3N3O2. The molecule has 116 valence electrons. The van der Waals surface area contributed by atoms with E-state index in [1.807, 2.05) is 0 Å². The number of benzene rings is 1. The molecule has 0 saturated heterocycles. The maximum absolute atomic E-state index is 12.8. The third-order valence-electron chi connectivity index (χ3n) is 2.83. The van der Waals surface area contributed by atoms with E-state index in [4.69, 9.17) is 5.73 Å². The molecule has 0 aliphatic heterocycles. The average Bonchev–Trinajstić information content (AvgIpc) is 2.42. The van der Waals surface area contributed by atoms with Crippen molar-refractivity contribution in [2.24, 2.45) is 0 Å². The van der Waals surface area contributed by atoms with Crippen molar-refractivity contribution in [3.05, 3.63) is 58.5 Å². The van der Waals surface area contributed by atoms with Gasteiger partial charge in [-0.05, 0) is 18.2 Å². The molecule has 0 fully saturated rings. The van der Waals surface area contributed by atoms with Crippen LogP contribution in [0.3, 0.4) is 0 Å². The number of amides is 1. The molecule has 0 aliphatic rings. The van der Waals surface area contributed by atoms with Gasteiger partial charge in [0.15, 0.2) is 0 Å². The van der Waals surface area contributed by atoms with Crippen molar-refractivity contribution in [3.63, 3.8) is 0 Å². The second-order valence-electron chi connectivity index (χ2n) is 4.52. The monoisotopic (exact) mass is 311 g/mol. The van der Waals surface area contributed by atoms with E-state index in [0.717, 1.165) is 16.7 Å². The van der Waals surface area contributed by atoms with E-state index in [0.29, 0.717) is 0 Å². The highest BCUT2D eigenvalue weighted by molar-refractivity contribution is 5.91. The number of nitrogens with two attached hydrogens (primary N) is 1. The first-order valence-electron chi connectivity index (χ1n) is 6.19. The Morgan fingerprint density at radius 2 is 1.86 bits per heavy atom. The van der Waals surface area contributed by atoms with Crippen molar-refractivity contribution in [1.29, 1.82) is 0 Å². The molecule has 0 radical (unpaired) electrons. The van der Waals surface area contributed by atoms with Crippen molar-refractivity contribution >= 4 is 17.3 Å². The van der Waals surface area contributed by atoms with E-state index >= 15 is 0 Å². The molecule has 5 nitrogen and oxygen atoms in total. The van der Waals surface area contributed by atoms with E-state index in [2.05, 4.69) is 5.32 Å². The van der Waals surface area contributed by atoms with Gasteiger partial charge in [-0.3, -0.25) is 9.59 Å². The van der Waals surface area contributed by atoms with Crippen LogP contribution in [0.4, 0.5) is 24.5 Å². The summed E-state index contributed by atoms with van der Waals surface area (Å²) in [4.78, 5) is 23.4. The molecular weight excluding hydrogens is 299 g/mol. The number of nitrogens with one attached hydrogen (secondary N) is 1. The minimum absolute atomic E-state index is 0.267. The topological polar surface area (TPSA) is 77.1 Å². The minimum atomic E-state index is -4.59. The lowest BCUT2D eigenvalue weighted by molar-refractivity contribution is -0.137. The minimum Gasteiger partial charge on any atom is -0.398 e. The molecule has 1 aromatic heterocycles. The van der Waals surface area contributed by atoms with Crippen LogP contribution >= 0.6 is 0 Å². The zero-order valence-electron chi connectivity index (χ0n) is 11.2. The number of anilines is 2. The summed E-state index contributed by atoms with van der Waals surface area (Å²) >= 11 is 0. The summed E-state index contributed by atoms with van der Waals surface area (Å²) < 4.78 is 39.5. The Labute approximate surface area is 123 Å². The summed E-state index contributed by atoms with van der Waals surface area (Å²) in [6.45, 7) is -0.434. The van der Waals surface area contributed by atoms with Gasteiger partial charge in [0.1, 0.15) is 6.54 Å². The fraction of sp³-hybridized carbons (Fsp3) is 0.143. The molecule has 0 bridgehead atoms. The number of carbonyl (C=O) groups excluding carboxylic acids is 1. The molecule has 0 atom stereocenters. The Morgan fingerprint density at radius 3 is 2.55 bits per heavy atom. The Hall–Kier alpha value is -2.77. The maximum Gasteiger partial charge on any atom is 0.418 e. The number of nitrogen functional groups attached to an aromatic ring is 1. The molecule has 0 aliphatic carbocycles. The fourth-order valence-electron chi connectivity index (χ4n) is 1.86. The molecule has 1 heterocycles. The van der Waals surface area contributed by atoms with Gasteiger partial charge in [0.05, 0.1) is 11.3 Å². The second-order valence-corrected chi connectivity index (χ2v) is 4.52. The van der Waals surface area contributed by atoms with Gasteiger partial charge in [-0.1, -0.05) is 12.1 Å². The van der Waals surface area contributed by atoms with Gasteiger partial charge >= 0.3 is 6.18 Å². The number of carbonyl (C=O) groups is 1. The predicted molar refractivity (Wildman–Crippen MR) is 75.2 cm³/mol. The van der Waals surface area contributed by atoms with Gasteiger partial charge in [-0.15, -0.1) is 0 Å². The van der Waals surface area contributed by atoms with Crippen LogP contribution in [0.15, 0.2) is 47.4 Å². The molecule has 2 aromatic rings. The van der Waals surface area contributed by atoms with Crippen LogP contribution in [-0.2, 0) is 17.5 Å². The third-order valence-corrected chi connectivity index (χ3v) is 2.83. The van der Waals surface area contributed by atoms with Gasteiger partial charge in [0.25, 0.3) is 5.56 Å². The Balaban J connectivity index is 2.20. The number of aromatic nitrogens is 1. The molecule has 0 saturated carbocycles. The Kier molecular flexibility index (Phi) is 4.20. The summed E-state index contributed by atoms with van der Waals surface area (Å²) in [5.41, 5.74) is 3.97. The van der Waals surface area contributed by atoms with Gasteiger partial charge < -0.3 is 15.6 Å². The van der Waals surface area contributed by atoms with Crippen LogP contribution in [0.5, 0.6) is 0 Å². The number of alkyl halides is 3. The summed E-state index contributed by atoms with van der Waals surface area (Å²) in [6.07, 6.45) is -3.34. The van der Waals surface area contributed by atoms with Crippen molar-refractivity contribution in [2.75, 3.05) is 11.1 Å². The Bertz CT molecular complexity index is 753. The number of rotatable bonds is 3. The largest absolute Gasteiger partial charge is 0.418 e. The first-order valence-corrected chi connectivity index (χ1v) is 6.19. The lowest BCUT2D eigenvalue weighted by Crippen LogP contribution is -2.27. The number of para-hydroxylation sites is 1. The number of halogens is 3. The van der Waals surface area contributed by atoms with Crippen molar-refractivity contribution in [3.8, 4) is 0 Å². The molecule has 0 spiro atoms. The maximum atomic E-state index is 12.8. The lowest BCUT2D eigenvalue weighted by Gasteiger charge is -2.14. The van der Waals surface area contributed by atoms with Gasteiger partial charge in [0, 0.05) is 18.0 Å². The van der Waals surface area contributed by atoms with Crippen LogP contribution in [0.1, 0.15) is 5.56 Å². The highest BCUT2D eigenvalue weighted by atomic mass is 19.4. The summed E-state index contributed by atoms with van der Waals surface area (Å²) in [7, 11) is 0. The molecule has 2 rings (SSSR count). The standard InChI is InChI=1S/C14H12F3N3O2/c15-14(16,17)10-3-1-2-4-11(10)19-12(21)8-20-7-9(18)5-6-13(20)22/h1-7H,8,18H2,(H,19,21).